The normalized spacial score (nSPS) is 10.5. The zero-order valence-electron chi connectivity index (χ0n) is 11.4. The van der Waals surface area contributed by atoms with Crippen LogP contribution in [0.25, 0.3) is 11.4 Å². The lowest BCUT2D eigenvalue weighted by Gasteiger charge is -2.08. The highest BCUT2D eigenvalue weighted by molar-refractivity contribution is 7.10. The summed E-state index contributed by atoms with van der Waals surface area (Å²) in [5.41, 5.74) is 1.04. The van der Waals surface area contributed by atoms with Crippen LogP contribution in [0.3, 0.4) is 0 Å². The van der Waals surface area contributed by atoms with E-state index in [-0.39, 0.29) is 0 Å². The minimum absolute atomic E-state index is 0.372. The van der Waals surface area contributed by atoms with Gasteiger partial charge in [0.1, 0.15) is 0 Å². The van der Waals surface area contributed by atoms with Gasteiger partial charge in [-0.2, -0.15) is 15.0 Å². The van der Waals surface area contributed by atoms with Gasteiger partial charge in [0.15, 0.2) is 5.82 Å². The van der Waals surface area contributed by atoms with Crippen LogP contribution in [-0.4, -0.2) is 28.1 Å². The van der Waals surface area contributed by atoms with Gasteiger partial charge in [0.2, 0.25) is 5.95 Å². The van der Waals surface area contributed by atoms with Gasteiger partial charge in [0.25, 0.3) is 0 Å². The van der Waals surface area contributed by atoms with Gasteiger partial charge >= 0.3 is 6.01 Å². The Labute approximate surface area is 117 Å². The second-order valence-corrected chi connectivity index (χ2v) is 5.14. The standard InChI is InChI=1S/C13H18N4OS/c1-4-7-14-12-15-11(10-6-8-19-9(10)3)16-13(17-12)18-5-2/h6,8H,4-5,7H2,1-3H3,(H,14,15,16,17). The molecule has 5 nitrogen and oxygen atoms in total. The molecule has 2 aromatic rings. The van der Waals surface area contributed by atoms with E-state index in [1.807, 2.05) is 18.4 Å². The molecule has 0 radical (unpaired) electrons. The number of hydrogen-bond donors (Lipinski definition) is 1. The first kappa shape index (κ1) is 13.7. The van der Waals surface area contributed by atoms with Crippen molar-refractivity contribution in [1.29, 1.82) is 0 Å². The van der Waals surface area contributed by atoms with Gasteiger partial charge in [-0.3, -0.25) is 0 Å². The van der Waals surface area contributed by atoms with E-state index in [2.05, 4.69) is 34.1 Å². The number of hydrogen-bond acceptors (Lipinski definition) is 6. The van der Waals surface area contributed by atoms with E-state index >= 15 is 0 Å². The maximum absolute atomic E-state index is 5.41. The number of nitrogens with zero attached hydrogens (tertiary/aromatic N) is 3. The van der Waals surface area contributed by atoms with Crippen LogP contribution in [0.15, 0.2) is 11.4 Å². The van der Waals surface area contributed by atoms with Crippen LogP contribution in [-0.2, 0) is 0 Å². The molecule has 0 fully saturated rings. The molecule has 0 amide bonds. The molecule has 6 heteroatoms. The van der Waals surface area contributed by atoms with Gasteiger partial charge in [-0.1, -0.05) is 6.92 Å². The number of aromatic nitrogens is 3. The molecule has 0 aliphatic carbocycles. The van der Waals surface area contributed by atoms with E-state index in [1.165, 1.54) is 4.88 Å². The molecule has 0 atom stereocenters. The lowest BCUT2D eigenvalue weighted by molar-refractivity contribution is 0.312. The summed E-state index contributed by atoms with van der Waals surface area (Å²) in [6.07, 6.45) is 1.02. The second-order valence-electron chi connectivity index (χ2n) is 4.02. The number of nitrogens with one attached hydrogen (secondary N) is 1. The van der Waals surface area contributed by atoms with Gasteiger partial charge in [0, 0.05) is 17.0 Å². The lowest BCUT2D eigenvalue weighted by atomic mass is 10.2. The third-order valence-electron chi connectivity index (χ3n) is 2.52. The van der Waals surface area contributed by atoms with Crippen molar-refractivity contribution in [3.8, 4) is 17.4 Å². The van der Waals surface area contributed by atoms with E-state index in [4.69, 9.17) is 4.74 Å². The van der Waals surface area contributed by atoms with Crippen molar-refractivity contribution in [2.75, 3.05) is 18.5 Å². The molecule has 19 heavy (non-hydrogen) atoms. The smallest absolute Gasteiger partial charge is 0.321 e. The van der Waals surface area contributed by atoms with Crippen LogP contribution >= 0.6 is 11.3 Å². The Morgan fingerprint density at radius 2 is 2.11 bits per heavy atom. The average Bonchev–Trinajstić information content (AvgIpc) is 2.83. The Hall–Kier alpha value is -1.69. The number of thiophene rings is 1. The Kier molecular flexibility index (Phi) is 4.68. The van der Waals surface area contributed by atoms with Crippen LogP contribution in [0.4, 0.5) is 5.95 Å². The predicted octanol–water partition coefficient (Wildman–Crippen LogP) is 3.13. The fraction of sp³-hybridized carbons (Fsp3) is 0.462. The topological polar surface area (TPSA) is 59.9 Å². The van der Waals surface area contributed by atoms with Crippen molar-refractivity contribution in [3.63, 3.8) is 0 Å². The summed E-state index contributed by atoms with van der Waals surface area (Å²) >= 11 is 1.68. The molecule has 0 aromatic carbocycles. The first-order chi connectivity index (χ1) is 9.24. The third kappa shape index (κ3) is 3.41. The van der Waals surface area contributed by atoms with Crippen LogP contribution in [0.5, 0.6) is 6.01 Å². The quantitative estimate of drug-likeness (QED) is 0.879. The van der Waals surface area contributed by atoms with Gasteiger partial charge in [0.05, 0.1) is 6.61 Å². The van der Waals surface area contributed by atoms with Gasteiger partial charge in [-0.15, -0.1) is 11.3 Å². The average molecular weight is 278 g/mol. The first-order valence-corrected chi connectivity index (χ1v) is 7.29. The molecule has 0 aliphatic rings. The molecule has 2 aromatic heterocycles. The summed E-state index contributed by atoms with van der Waals surface area (Å²) in [5.74, 6) is 1.23. The van der Waals surface area contributed by atoms with Gasteiger partial charge < -0.3 is 10.1 Å². The Bertz CT molecular complexity index is 541. The van der Waals surface area contributed by atoms with Crippen molar-refractivity contribution in [1.82, 2.24) is 15.0 Å². The fourth-order valence-corrected chi connectivity index (χ4v) is 2.30. The maximum atomic E-state index is 5.41. The lowest BCUT2D eigenvalue weighted by Crippen LogP contribution is -2.08. The van der Waals surface area contributed by atoms with E-state index in [9.17, 15) is 0 Å². The van der Waals surface area contributed by atoms with E-state index in [0.29, 0.717) is 24.4 Å². The molecular formula is C13H18N4OS. The third-order valence-corrected chi connectivity index (χ3v) is 3.37. The molecule has 1 N–H and O–H groups in total. The minimum Gasteiger partial charge on any atom is -0.464 e. The maximum Gasteiger partial charge on any atom is 0.321 e. The summed E-state index contributed by atoms with van der Waals surface area (Å²) < 4.78 is 5.41. The summed E-state index contributed by atoms with van der Waals surface area (Å²) in [7, 11) is 0. The number of aryl methyl sites for hydroxylation is 1. The summed E-state index contributed by atoms with van der Waals surface area (Å²) in [6.45, 7) is 7.44. The number of anilines is 1. The first-order valence-electron chi connectivity index (χ1n) is 6.41. The Morgan fingerprint density at radius 3 is 2.74 bits per heavy atom. The monoisotopic (exact) mass is 278 g/mol. The largest absolute Gasteiger partial charge is 0.464 e. The fourth-order valence-electron chi connectivity index (χ4n) is 1.60. The zero-order valence-corrected chi connectivity index (χ0v) is 12.3. The van der Waals surface area contributed by atoms with E-state index < -0.39 is 0 Å². The number of ether oxygens (including phenoxy) is 1. The van der Waals surface area contributed by atoms with Gasteiger partial charge in [-0.25, -0.2) is 0 Å². The van der Waals surface area contributed by atoms with Crippen molar-refractivity contribution in [2.45, 2.75) is 27.2 Å². The molecule has 0 saturated carbocycles. The highest BCUT2D eigenvalue weighted by atomic mass is 32.1. The molecule has 0 saturated heterocycles. The molecule has 2 heterocycles. The van der Waals surface area contributed by atoms with Crippen molar-refractivity contribution >= 4 is 17.3 Å². The summed E-state index contributed by atoms with van der Waals surface area (Å²) in [4.78, 5) is 14.2. The van der Waals surface area contributed by atoms with Crippen LogP contribution in [0, 0.1) is 6.92 Å². The minimum atomic E-state index is 0.372. The molecule has 2 rings (SSSR count). The van der Waals surface area contributed by atoms with Crippen LogP contribution < -0.4 is 10.1 Å². The van der Waals surface area contributed by atoms with E-state index in [1.54, 1.807) is 11.3 Å². The number of rotatable bonds is 6. The summed E-state index contributed by atoms with van der Waals surface area (Å²) in [5, 5.41) is 5.21. The van der Waals surface area contributed by atoms with Crippen LogP contribution in [0.1, 0.15) is 25.1 Å². The Morgan fingerprint density at radius 1 is 1.26 bits per heavy atom. The van der Waals surface area contributed by atoms with Crippen molar-refractivity contribution < 1.29 is 4.74 Å². The van der Waals surface area contributed by atoms with Crippen molar-refractivity contribution in [3.05, 3.63) is 16.3 Å². The SMILES string of the molecule is CCCNc1nc(OCC)nc(-c2ccsc2C)n1. The second kappa shape index (κ2) is 6.47. The zero-order chi connectivity index (χ0) is 13.7. The highest BCUT2D eigenvalue weighted by Crippen LogP contribution is 2.26. The van der Waals surface area contributed by atoms with Crippen LogP contribution in [0.2, 0.25) is 0 Å². The molecule has 102 valence electrons. The Balaban J connectivity index is 2.36. The van der Waals surface area contributed by atoms with Crippen molar-refractivity contribution in [2.24, 2.45) is 0 Å². The highest BCUT2D eigenvalue weighted by Gasteiger charge is 2.11. The molecule has 0 bridgehead atoms. The molecule has 0 aliphatic heterocycles. The van der Waals surface area contributed by atoms with E-state index in [0.717, 1.165) is 18.5 Å². The molecule has 0 spiro atoms. The summed E-state index contributed by atoms with van der Waals surface area (Å²) in [6, 6.07) is 2.39. The molecule has 0 unspecified atom stereocenters. The predicted molar refractivity (Wildman–Crippen MR) is 77.8 cm³/mol. The van der Waals surface area contributed by atoms with Gasteiger partial charge in [-0.05, 0) is 31.7 Å². The molecular weight excluding hydrogens is 260 g/mol.